The van der Waals surface area contributed by atoms with Crippen LogP contribution in [0.4, 0.5) is 0 Å². The van der Waals surface area contributed by atoms with Gasteiger partial charge in [-0.15, -0.1) is 0 Å². The van der Waals surface area contributed by atoms with E-state index in [0.717, 1.165) is 0 Å². The largest absolute Gasteiger partial charge is 0.493 e. The molecule has 0 amide bonds. The average molecular weight is 273 g/mol. The maximum absolute atomic E-state index is 10.9. The number of carboxylic acids is 1. The van der Waals surface area contributed by atoms with Crippen LogP contribution in [0.25, 0.3) is 0 Å². The fraction of sp³-hybridized carbons (Fsp3) is 0.462. The molecule has 0 bridgehead atoms. The van der Waals surface area contributed by atoms with Crippen molar-refractivity contribution in [3.05, 3.63) is 29.3 Å². The summed E-state index contributed by atoms with van der Waals surface area (Å²) in [7, 11) is 0. The van der Waals surface area contributed by atoms with E-state index in [1.807, 2.05) is 0 Å². The fourth-order valence-corrected chi connectivity index (χ4v) is 1.45. The minimum Gasteiger partial charge on any atom is -0.493 e. The van der Waals surface area contributed by atoms with E-state index >= 15 is 0 Å². The molecule has 0 fully saturated rings. The Morgan fingerprint density at radius 2 is 1.94 bits per heavy atom. The summed E-state index contributed by atoms with van der Waals surface area (Å²) in [5.41, 5.74) is -1.18. The van der Waals surface area contributed by atoms with E-state index < -0.39 is 17.5 Å². The van der Waals surface area contributed by atoms with Crippen LogP contribution in [-0.4, -0.2) is 28.9 Å². The minimum absolute atomic E-state index is 0.250. The number of carbonyl (C=O) groups is 1. The van der Waals surface area contributed by atoms with Crippen LogP contribution < -0.4 is 4.74 Å². The highest BCUT2D eigenvalue weighted by Crippen LogP contribution is 2.23. The molecule has 0 radical (unpaired) electrons. The van der Waals surface area contributed by atoms with Gasteiger partial charge in [0.15, 0.2) is 0 Å². The van der Waals surface area contributed by atoms with Crippen LogP contribution in [0.2, 0.25) is 5.02 Å². The molecule has 1 unspecified atom stereocenters. The Kier molecular flexibility index (Phi) is 4.99. The zero-order chi connectivity index (χ0) is 13.8. The lowest BCUT2D eigenvalue weighted by atomic mass is 9.85. The van der Waals surface area contributed by atoms with Crippen molar-refractivity contribution in [2.45, 2.75) is 26.4 Å². The molecule has 1 rings (SSSR count). The van der Waals surface area contributed by atoms with Crippen molar-refractivity contribution in [2.75, 3.05) is 6.61 Å². The summed E-state index contributed by atoms with van der Waals surface area (Å²) in [4.78, 5) is 10.9. The molecular weight excluding hydrogens is 256 g/mol. The monoisotopic (exact) mass is 272 g/mol. The summed E-state index contributed by atoms with van der Waals surface area (Å²) in [6.07, 6.45) is -0.704. The molecule has 0 spiro atoms. The molecule has 4 nitrogen and oxygen atoms in total. The Hall–Kier alpha value is -1.26. The summed E-state index contributed by atoms with van der Waals surface area (Å²) in [6, 6.07) is 6.84. The lowest BCUT2D eigenvalue weighted by molar-refractivity contribution is -0.153. The van der Waals surface area contributed by atoms with Crippen molar-refractivity contribution in [1.29, 1.82) is 0 Å². The lowest BCUT2D eigenvalue weighted by Crippen LogP contribution is -2.38. The number of aliphatic hydroxyl groups is 1. The Morgan fingerprint density at radius 1 is 1.39 bits per heavy atom. The number of hydrogen-bond acceptors (Lipinski definition) is 3. The first-order valence-corrected chi connectivity index (χ1v) is 6.01. The third-order valence-electron chi connectivity index (χ3n) is 2.86. The SMILES string of the molecule is CC(C)(C(=O)O)C(O)CCOc1ccc(Cl)cc1. The zero-order valence-electron chi connectivity index (χ0n) is 10.4. The van der Waals surface area contributed by atoms with E-state index in [1.54, 1.807) is 24.3 Å². The number of rotatable bonds is 6. The average Bonchev–Trinajstić information content (AvgIpc) is 2.31. The maximum Gasteiger partial charge on any atom is 0.311 e. The molecule has 2 N–H and O–H groups in total. The Labute approximate surface area is 111 Å². The number of aliphatic carboxylic acids is 1. The van der Waals surface area contributed by atoms with Crippen molar-refractivity contribution in [3.63, 3.8) is 0 Å². The summed E-state index contributed by atoms with van der Waals surface area (Å²) < 4.78 is 5.39. The lowest BCUT2D eigenvalue weighted by Gasteiger charge is -2.25. The van der Waals surface area contributed by atoms with E-state index in [1.165, 1.54) is 13.8 Å². The Morgan fingerprint density at radius 3 is 2.44 bits per heavy atom. The van der Waals surface area contributed by atoms with E-state index in [9.17, 15) is 9.90 Å². The van der Waals surface area contributed by atoms with Crippen LogP contribution in [0.1, 0.15) is 20.3 Å². The van der Waals surface area contributed by atoms with Crippen molar-refractivity contribution < 1.29 is 19.7 Å². The molecule has 0 aliphatic rings. The highest BCUT2D eigenvalue weighted by molar-refractivity contribution is 6.30. The van der Waals surface area contributed by atoms with E-state index in [2.05, 4.69) is 0 Å². The highest BCUT2D eigenvalue weighted by Gasteiger charge is 2.35. The van der Waals surface area contributed by atoms with Crippen LogP contribution in [-0.2, 0) is 4.79 Å². The molecule has 0 aromatic heterocycles. The molecule has 0 aliphatic carbocycles. The third kappa shape index (κ3) is 3.89. The van der Waals surface area contributed by atoms with Crippen molar-refractivity contribution in [2.24, 2.45) is 5.41 Å². The second kappa shape index (κ2) is 6.07. The highest BCUT2D eigenvalue weighted by atomic mass is 35.5. The van der Waals surface area contributed by atoms with Crippen LogP contribution >= 0.6 is 11.6 Å². The van der Waals surface area contributed by atoms with Crippen LogP contribution in [0.15, 0.2) is 24.3 Å². The molecule has 5 heteroatoms. The van der Waals surface area contributed by atoms with Gasteiger partial charge in [-0.05, 0) is 38.1 Å². The van der Waals surface area contributed by atoms with Crippen LogP contribution in [0.3, 0.4) is 0 Å². The zero-order valence-corrected chi connectivity index (χ0v) is 11.1. The van der Waals surface area contributed by atoms with Gasteiger partial charge in [0.05, 0.1) is 18.1 Å². The van der Waals surface area contributed by atoms with E-state index in [-0.39, 0.29) is 13.0 Å². The molecule has 18 heavy (non-hydrogen) atoms. The van der Waals surface area contributed by atoms with Crippen LogP contribution in [0, 0.1) is 5.41 Å². The normalized spacial score (nSPS) is 13.1. The number of hydrogen-bond donors (Lipinski definition) is 2. The van der Waals surface area contributed by atoms with Gasteiger partial charge in [0, 0.05) is 11.4 Å². The van der Waals surface area contributed by atoms with Gasteiger partial charge < -0.3 is 14.9 Å². The van der Waals surface area contributed by atoms with E-state index in [0.29, 0.717) is 10.8 Å². The van der Waals surface area contributed by atoms with E-state index in [4.69, 9.17) is 21.4 Å². The number of carboxylic acid groups (broad SMARTS) is 1. The number of ether oxygens (including phenoxy) is 1. The molecule has 0 saturated heterocycles. The standard InChI is InChI=1S/C13H17ClO4/c1-13(2,12(16)17)11(15)7-8-18-10-5-3-9(14)4-6-10/h3-6,11,15H,7-8H2,1-2H3,(H,16,17). The van der Waals surface area contributed by atoms with Gasteiger partial charge >= 0.3 is 5.97 Å². The van der Waals surface area contributed by atoms with Gasteiger partial charge in [-0.2, -0.15) is 0 Å². The second-order valence-electron chi connectivity index (χ2n) is 4.63. The van der Waals surface area contributed by atoms with Gasteiger partial charge in [0.1, 0.15) is 5.75 Å². The van der Waals surface area contributed by atoms with Gasteiger partial charge in [-0.25, -0.2) is 0 Å². The number of aliphatic hydroxyl groups excluding tert-OH is 1. The quantitative estimate of drug-likeness (QED) is 0.835. The predicted octanol–water partition coefficient (Wildman–Crippen LogP) is 2.58. The third-order valence-corrected chi connectivity index (χ3v) is 3.11. The van der Waals surface area contributed by atoms with Gasteiger partial charge in [-0.3, -0.25) is 4.79 Å². The smallest absolute Gasteiger partial charge is 0.311 e. The Balaban J connectivity index is 2.42. The van der Waals surface area contributed by atoms with Gasteiger partial charge in [0.25, 0.3) is 0 Å². The summed E-state index contributed by atoms with van der Waals surface area (Å²) in [5, 5.41) is 19.4. The van der Waals surface area contributed by atoms with Gasteiger partial charge in [-0.1, -0.05) is 11.6 Å². The minimum atomic E-state index is -1.18. The molecule has 100 valence electrons. The van der Waals surface area contributed by atoms with Crippen LogP contribution in [0.5, 0.6) is 5.75 Å². The number of halogens is 1. The van der Waals surface area contributed by atoms with Gasteiger partial charge in [0.2, 0.25) is 0 Å². The molecule has 1 atom stereocenters. The van der Waals surface area contributed by atoms with Crippen molar-refractivity contribution in [3.8, 4) is 5.75 Å². The number of benzene rings is 1. The summed E-state index contributed by atoms with van der Waals surface area (Å²) in [6.45, 7) is 3.23. The molecule has 1 aromatic rings. The molecule has 0 aliphatic heterocycles. The Bertz CT molecular complexity index is 400. The molecule has 0 heterocycles. The topological polar surface area (TPSA) is 66.8 Å². The molecular formula is C13H17ClO4. The predicted molar refractivity (Wildman–Crippen MR) is 69.0 cm³/mol. The first kappa shape index (κ1) is 14.8. The summed E-state index contributed by atoms with van der Waals surface area (Å²) >= 11 is 5.73. The second-order valence-corrected chi connectivity index (χ2v) is 5.07. The van der Waals surface area contributed by atoms with Crippen molar-refractivity contribution >= 4 is 17.6 Å². The van der Waals surface area contributed by atoms with Crippen molar-refractivity contribution in [1.82, 2.24) is 0 Å². The fourth-order valence-electron chi connectivity index (χ4n) is 1.32. The summed E-state index contributed by atoms with van der Waals surface area (Å²) in [5.74, 6) is -0.388. The molecule has 1 aromatic carbocycles. The maximum atomic E-state index is 10.9. The first-order chi connectivity index (χ1) is 8.34. The first-order valence-electron chi connectivity index (χ1n) is 5.64. The molecule has 0 saturated carbocycles.